The topological polar surface area (TPSA) is 52.0 Å². The van der Waals surface area contributed by atoms with Crippen molar-refractivity contribution in [2.45, 2.75) is 58.5 Å². The molecular formula is C17H28N2. The number of benzene rings is 1. The lowest BCUT2D eigenvalue weighted by atomic mass is 9.49. The van der Waals surface area contributed by atoms with Gasteiger partial charge in [0.2, 0.25) is 0 Å². The highest BCUT2D eigenvalue weighted by Gasteiger charge is 2.58. The summed E-state index contributed by atoms with van der Waals surface area (Å²) < 4.78 is 0. The molecule has 0 unspecified atom stereocenters. The van der Waals surface area contributed by atoms with Gasteiger partial charge in [0.1, 0.15) is 0 Å². The summed E-state index contributed by atoms with van der Waals surface area (Å²) in [7, 11) is 0. The van der Waals surface area contributed by atoms with E-state index >= 15 is 0 Å². The summed E-state index contributed by atoms with van der Waals surface area (Å²) >= 11 is 0. The highest BCUT2D eigenvalue weighted by molar-refractivity contribution is 5.29. The molecule has 4 N–H and O–H groups in total. The van der Waals surface area contributed by atoms with Gasteiger partial charge in [-0.3, -0.25) is 0 Å². The first-order valence-corrected chi connectivity index (χ1v) is 7.15. The summed E-state index contributed by atoms with van der Waals surface area (Å²) in [5.74, 6) is 0. The molecule has 2 rings (SSSR count). The minimum absolute atomic E-state index is 0.0979. The molecule has 0 aliphatic heterocycles. The van der Waals surface area contributed by atoms with Gasteiger partial charge in [-0.1, -0.05) is 65.0 Å². The molecule has 106 valence electrons. The fourth-order valence-electron chi connectivity index (χ4n) is 4.27. The first-order chi connectivity index (χ1) is 8.52. The zero-order valence-electron chi connectivity index (χ0n) is 13.0. The molecule has 1 aromatic rings. The van der Waals surface area contributed by atoms with Crippen molar-refractivity contribution in [3.8, 4) is 0 Å². The molecular weight excluding hydrogens is 232 g/mol. The second-order valence-electron chi connectivity index (χ2n) is 7.92. The third kappa shape index (κ3) is 2.11. The van der Waals surface area contributed by atoms with E-state index < -0.39 is 5.66 Å². The maximum Gasteiger partial charge on any atom is 0.0742 e. The zero-order valence-corrected chi connectivity index (χ0v) is 13.0. The van der Waals surface area contributed by atoms with E-state index in [1.807, 2.05) is 0 Å². The van der Waals surface area contributed by atoms with Crippen LogP contribution in [0, 0.1) is 10.8 Å². The summed E-state index contributed by atoms with van der Waals surface area (Å²) in [6, 6.07) is 10.8. The monoisotopic (exact) mass is 260 g/mol. The van der Waals surface area contributed by atoms with Crippen LogP contribution in [0.3, 0.4) is 0 Å². The van der Waals surface area contributed by atoms with Crippen LogP contribution in [0.5, 0.6) is 0 Å². The van der Waals surface area contributed by atoms with Gasteiger partial charge in [0.15, 0.2) is 0 Å². The number of rotatable bonds is 1. The van der Waals surface area contributed by atoms with E-state index in [2.05, 4.69) is 65.0 Å². The highest BCUT2D eigenvalue weighted by Crippen LogP contribution is 2.57. The minimum Gasteiger partial charge on any atom is -0.313 e. The van der Waals surface area contributed by atoms with E-state index in [0.29, 0.717) is 0 Å². The van der Waals surface area contributed by atoms with Gasteiger partial charge in [-0.15, -0.1) is 0 Å². The van der Waals surface area contributed by atoms with Crippen LogP contribution in [-0.4, -0.2) is 5.66 Å². The fourth-order valence-corrected chi connectivity index (χ4v) is 4.27. The first-order valence-electron chi connectivity index (χ1n) is 7.15. The van der Waals surface area contributed by atoms with Crippen LogP contribution in [0.2, 0.25) is 0 Å². The molecule has 0 amide bonds. The van der Waals surface area contributed by atoms with Crippen molar-refractivity contribution in [2.24, 2.45) is 22.3 Å². The SMILES string of the molecule is CC1(c2ccccc2)CC(C)(C)C(N)(N)C(C)(C)C1. The second kappa shape index (κ2) is 4.07. The molecule has 1 aromatic carbocycles. The summed E-state index contributed by atoms with van der Waals surface area (Å²) in [6.07, 6.45) is 2.03. The summed E-state index contributed by atoms with van der Waals surface area (Å²) in [5.41, 5.74) is 13.7. The van der Waals surface area contributed by atoms with E-state index in [1.165, 1.54) is 5.56 Å². The van der Waals surface area contributed by atoms with Crippen molar-refractivity contribution in [3.63, 3.8) is 0 Å². The highest BCUT2D eigenvalue weighted by atomic mass is 15.0. The summed E-state index contributed by atoms with van der Waals surface area (Å²) in [4.78, 5) is 0. The molecule has 19 heavy (non-hydrogen) atoms. The van der Waals surface area contributed by atoms with Crippen LogP contribution < -0.4 is 11.5 Å². The van der Waals surface area contributed by atoms with Gasteiger partial charge in [0.25, 0.3) is 0 Å². The van der Waals surface area contributed by atoms with Crippen LogP contribution in [-0.2, 0) is 5.41 Å². The normalized spacial score (nSPS) is 26.9. The Morgan fingerprint density at radius 2 is 1.21 bits per heavy atom. The lowest BCUT2D eigenvalue weighted by molar-refractivity contribution is -0.0508. The molecule has 0 radical (unpaired) electrons. The van der Waals surface area contributed by atoms with Gasteiger partial charge in [-0.25, -0.2) is 0 Å². The number of hydrogen-bond acceptors (Lipinski definition) is 2. The Morgan fingerprint density at radius 3 is 1.63 bits per heavy atom. The predicted octanol–water partition coefficient (Wildman–Crippen LogP) is 3.40. The molecule has 1 aliphatic rings. The molecule has 1 fully saturated rings. The van der Waals surface area contributed by atoms with Crippen molar-refractivity contribution in [1.82, 2.24) is 0 Å². The van der Waals surface area contributed by atoms with E-state index in [1.54, 1.807) is 0 Å². The molecule has 0 aromatic heterocycles. The van der Waals surface area contributed by atoms with Crippen molar-refractivity contribution in [2.75, 3.05) is 0 Å². The third-order valence-electron chi connectivity index (χ3n) is 5.37. The third-order valence-corrected chi connectivity index (χ3v) is 5.37. The Labute approximate surface area is 117 Å². The van der Waals surface area contributed by atoms with Crippen molar-refractivity contribution >= 4 is 0 Å². The van der Waals surface area contributed by atoms with Gasteiger partial charge in [-0.2, -0.15) is 0 Å². The number of hydrogen-bond donors (Lipinski definition) is 2. The molecule has 2 heteroatoms. The van der Waals surface area contributed by atoms with Gasteiger partial charge < -0.3 is 11.5 Å². The fraction of sp³-hybridized carbons (Fsp3) is 0.647. The van der Waals surface area contributed by atoms with Crippen molar-refractivity contribution in [3.05, 3.63) is 35.9 Å². The zero-order chi connectivity index (χ0) is 14.5. The standard InChI is InChI=1S/C17H28N2/c1-14(2)11-16(5,13-9-7-6-8-10-13)12-15(3,4)17(14,18)19/h6-10H,11-12,18-19H2,1-5H3. The molecule has 0 heterocycles. The Kier molecular flexibility index (Phi) is 3.11. The average Bonchev–Trinajstić information content (AvgIpc) is 2.26. The lowest BCUT2D eigenvalue weighted by Crippen LogP contribution is -2.73. The quantitative estimate of drug-likeness (QED) is 0.760. The van der Waals surface area contributed by atoms with Crippen LogP contribution >= 0.6 is 0 Å². The van der Waals surface area contributed by atoms with E-state index in [4.69, 9.17) is 11.5 Å². The Morgan fingerprint density at radius 1 is 0.789 bits per heavy atom. The van der Waals surface area contributed by atoms with Crippen LogP contribution in [0.1, 0.15) is 53.0 Å². The van der Waals surface area contributed by atoms with Gasteiger partial charge in [-0.05, 0) is 34.7 Å². The molecule has 1 aliphatic carbocycles. The molecule has 1 saturated carbocycles. The molecule has 2 nitrogen and oxygen atoms in total. The molecule has 0 bridgehead atoms. The Bertz CT molecular complexity index is 437. The smallest absolute Gasteiger partial charge is 0.0742 e. The van der Waals surface area contributed by atoms with Crippen LogP contribution in [0.25, 0.3) is 0 Å². The van der Waals surface area contributed by atoms with Gasteiger partial charge in [0.05, 0.1) is 5.66 Å². The first kappa shape index (κ1) is 14.5. The lowest BCUT2D eigenvalue weighted by Gasteiger charge is -2.61. The van der Waals surface area contributed by atoms with E-state index in [9.17, 15) is 0 Å². The van der Waals surface area contributed by atoms with Crippen molar-refractivity contribution < 1.29 is 0 Å². The van der Waals surface area contributed by atoms with Gasteiger partial charge >= 0.3 is 0 Å². The van der Waals surface area contributed by atoms with Crippen molar-refractivity contribution in [1.29, 1.82) is 0 Å². The largest absolute Gasteiger partial charge is 0.313 e. The molecule has 0 saturated heterocycles. The number of nitrogens with two attached hydrogens (primary N) is 2. The Hall–Kier alpha value is -0.860. The van der Waals surface area contributed by atoms with Crippen LogP contribution in [0.15, 0.2) is 30.3 Å². The minimum atomic E-state index is -0.645. The maximum absolute atomic E-state index is 6.51. The maximum atomic E-state index is 6.51. The molecule has 0 atom stereocenters. The second-order valence-corrected chi connectivity index (χ2v) is 7.92. The van der Waals surface area contributed by atoms with Crippen LogP contribution in [0.4, 0.5) is 0 Å². The Balaban J connectivity index is 2.48. The molecule has 0 spiro atoms. The van der Waals surface area contributed by atoms with Gasteiger partial charge in [0, 0.05) is 0 Å². The summed E-state index contributed by atoms with van der Waals surface area (Å²) in [6.45, 7) is 11.2. The summed E-state index contributed by atoms with van der Waals surface area (Å²) in [5, 5.41) is 0. The van der Waals surface area contributed by atoms with E-state index in [-0.39, 0.29) is 16.2 Å². The average molecular weight is 260 g/mol. The van der Waals surface area contributed by atoms with E-state index in [0.717, 1.165) is 12.8 Å². The predicted molar refractivity (Wildman–Crippen MR) is 81.7 cm³/mol.